The molecule has 21 heavy (non-hydrogen) atoms. The molecule has 0 unspecified atom stereocenters. The summed E-state index contributed by atoms with van der Waals surface area (Å²) in [5.41, 5.74) is 6.32. The van der Waals surface area contributed by atoms with Gasteiger partial charge in [0.1, 0.15) is 12.4 Å². The highest BCUT2D eigenvalue weighted by molar-refractivity contribution is 14.1. The molecule has 0 aliphatic rings. The standard InChI is InChI=1S/C13H12ClIN4O2/c1-7-17-5-9(15)13(21)19(7)6-12(20)18-11-4-8(14)2-3-10(11)16/h2-5H,6,16H2,1H3,(H,18,20). The molecule has 0 saturated carbocycles. The molecule has 0 atom stereocenters. The van der Waals surface area contributed by atoms with Gasteiger partial charge in [-0.2, -0.15) is 0 Å². The molecular formula is C13H12ClIN4O2. The molecule has 6 nitrogen and oxygen atoms in total. The number of nitrogen functional groups attached to an aromatic ring is 1. The van der Waals surface area contributed by atoms with E-state index in [4.69, 9.17) is 17.3 Å². The summed E-state index contributed by atoms with van der Waals surface area (Å²) in [4.78, 5) is 28.1. The summed E-state index contributed by atoms with van der Waals surface area (Å²) in [7, 11) is 0. The highest BCUT2D eigenvalue weighted by atomic mass is 127. The number of carbonyl (C=O) groups is 1. The van der Waals surface area contributed by atoms with Gasteiger partial charge in [0.05, 0.1) is 14.9 Å². The smallest absolute Gasteiger partial charge is 0.267 e. The van der Waals surface area contributed by atoms with Crippen LogP contribution in [0, 0.1) is 10.5 Å². The van der Waals surface area contributed by atoms with Crippen LogP contribution in [0.4, 0.5) is 11.4 Å². The number of anilines is 2. The van der Waals surface area contributed by atoms with Gasteiger partial charge in [0.15, 0.2) is 0 Å². The minimum absolute atomic E-state index is 0.138. The van der Waals surface area contributed by atoms with E-state index in [1.54, 1.807) is 25.1 Å². The van der Waals surface area contributed by atoms with Crippen LogP contribution in [0.15, 0.2) is 29.2 Å². The predicted molar refractivity (Wildman–Crippen MR) is 90.4 cm³/mol. The Balaban J connectivity index is 2.22. The molecule has 0 spiro atoms. The molecule has 2 rings (SSSR count). The number of rotatable bonds is 3. The quantitative estimate of drug-likeness (QED) is 0.589. The minimum Gasteiger partial charge on any atom is -0.397 e. The number of amides is 1. The van der Waals surface area contributed by atoms with Crippen molar-refractivity contribution < 1.29 is 4.79 Å². The maximum Gasteiger partial charge on any atom is 0.267 e. The van der Waals surface area contributed by atoms with Gasteiger partial charge in [-0.15, -0.1) is 0 Å². The molecule has 0 aliphatic carbocycles. The summed E-state index contributed by atoms with van der Waals surface area (Å²) in [6, 6.07) is 4.78. The second kappa shape index (κ2) is 6.44. The average molecular weight is 419 g/mol. The Bertz CT molecular complexity index is 760. The molecule has 3 N–H and O–H groups in total. The number of hydrogen-bond donors (Lipinski definition) is 2. The third kappa shape index (κ3) is 3.73. The Labute approximate surface area is 139 Å². The topological polar surface area (TPSA) is 90.0 Å². The Morgan fingerprint density at radius 2 is 2.24 bits per heavy atom. The maximum atomic E-state index is 12.1. The Morgan fingerprint density at radius 1 is 1.52 bits per heavy atom. The van der Waals surface area contributed by atoms with Gasteiger partial charge in [-0.1, -0.05) is 11.6 Å². The van der Waals surface area contributed by atoms with Crippen molar-refractivity contribution in [3.63, 3.8) is 0 Å². The van der Waals surface area contributed by atoms with Gasteiger partial charge in [0, 0.05) is 11.2 Å². The van der Waals surface area contributed by atoms with Gasteiger partial charge < -0.3 is 11.1 Å². The van der Waals surface area contributed by atoms with E-state index in [9.17, 15) is 9.59 Å². The molecule has 1 heterocycles. The third-order valence-electron chi connectivity index (χ3n) is 2.80. The lowest BCUT2D eigenvalue weighted by Gasteiger charge is -2.11. The van der Waals surface area contributed by atoms with Crippen molar-refractivity contribution in [3.8, 4) is 0 Å². The van der Waals surface area contributed by atoms with E-state index >= 15 is 0 Å². The monoisotopic (exact) mass is 418 g/mol. The number of nitrogens with zero attached hydrogens (tertiary/aromatic N) is 2. The van der Waals surface area contributed by atoms with Gasteiger partial charge in [-0.05, 0) is 47.7 Å². The predicted octanol–water partition coefficient (Wildman–Crippen LogP) is 2.03. The molecule has 2 aromatic rings. The first-order valence-electron chi connectivity index (χ1n) is 5.95. The van der Waals surface area contributed by atoms with Crippen LogP contribution in [0.1, 0.15) is 5.82 Å². The molecule has 0 fully saturated rings. The van der Waals surface area contributed by atoms with Crippen molar-refractivity contribution in [3.05, 3.63) is 49.2 Å². The first-order valence-corrected chi connectivity index (χ1v) is 7.41. The number of aryl methyl sites for hydroxylation is 1. The van der Waals surface area contributed by atoms with Gasteiger partial charge in [0.2, 0.25) is 5.91 Å². The number of carbonyl (C=O) groups excluding carboxylic acids is 1. The fraction of sp³-hybridized carbons (Fsp3) is 0.154. The molecule has 1 aromatic carbocycles. The van der Waals surface area contributed by atoms with E-state index in [2.05, 4.69) is 10.3 Å². The average Bonchev–Trinajstić information content (AvgIpc) is 2.43. The second-order valence-corrected chi connectivity index (χ2v) is 5.92. The first kappa shape index (κ1) is 15.8. The van der Waals surface area contributed by atoms with Crippen LogP contribution in [0.3, 0.4) is 0 Å². The highest BCUT2D eigenvalue weighted by Crippen LogP contribution is 2.22. The molecule has 0 saturated heterocycles. The summed E-state index contributed by atoms with van der Waals surface area (Å²) in [5, 5.41) is 3.10. The summed E-state index contributed by atoms with van der Waals surface area (Å²) >= 11 is 7.74. The lowest BCUT2D eigenvalue weighted by Crippen LogP contribution is -2.31. The Kier molecular flexibility index (Phi) is 4.84. The summed E-state index contributed by atoms with van der Waals surface area (Å²) < 4.78 is 1.76. The summed E-state index contributed by atoms with van der Waals surface area (Å²) in [6.07, 6.45) is 1.47. The minimum atomic E-state index is -0.377. The second-order valence-electron chi connectivity index (χ2n) is 4.32. The number of nitrogens with two attached hydrogens (primary N) is 1. The SMILES string of the molecule is Cc1ncc(I)c(=O)n1CC(=O)Nc1cc(Cl)ccc1N. The third-order valence-corrected chi connectivity index (χ3v) is 3.77. The van der Waals surface area contributed by atoms with E-state index in [0.717, 1.165) is 0 Å². The van der Waals surface area contributed by atoms with Crippen LogP contribution in [0.5, 0.6) is 0 Å². The van der Waals surface area contributed by atoms with E-state index in [1.165, 1.54) is 10.8 Å². The maximum absolute atomic E-state index is 12.1. The molecule has 1 amide bonds. The normalized spacial score (nSPS) is 10.4. The lowest BCUT2D eigenvalue weighted by molar-refractivity contribution is -0.116. The number of hydrogen-bond acceptors (Lipinski definition) is 4. The van der Waals surface area contributed by atoms with Gasteiger partial charge in [-0.25, -0.2) is 4.98 Å². The van der Waals surface area contributed by atoms with Crippen molar-refractivity contribution in [1.29, 1.82) is 0 Å². The lowest BCUT2D eigenvalue weighted by atomic mass is 10.2. The van der Waals surface area contributed by atoms with Gasteiger partial charge in [0.25, 0.3) is 5.56 Å². The molecule has 8 heteroatoms. The zero-order valence-corrected chi connectivity index (χ0v) is 14.0. The number of nitrogens with one attached hydrogen (secondary N) is 1. The van der Waals surface area contributed by atoms with Crippen molar-refractivity contribution >= 4 is 51.5 Å². The Hall–Kier alpha value is -1.61. The summed E-state index contributed by atoms with van der Waals surface area (Å²) in [5.74, 6) is 0.0904. The van der Waals surface area contributed by atoms with Crippen LogP contribution < -0.4 is 16.6 Å². The number of halogens is 2. The fourth-order valence-corrected chi connectivity index (χ4v) is 2.31. The first-order chi connectivity index (χ1) is 9.88. The van der Waals surface area contributed by atoms with Crippen molar-refractivity contribution in [2.45, 2.75) is 13.5 Å². The van der Waals surface area contributed by atoms with E-state index in [0.29, 0.717) is 25.8 Å². The van der Waals surface area contributed by atoms with Gasteiger partial charge in [-0.3, -0.25) is 14.2 Å². The fourth-order valence-electron chi connectivity index (χ4n) is 1.71. The molecule has 0 radical (unpaired) electrons. The molecule has 0 bridgehead atoms. The van der Waals surface area contributed by atoms with E-state index < -0.39 is 0 Å². The highest BCUT2D eigenvalue weighted by Gasteiger charge is 2.11. The largest absolute Gasteiger partial charge is 0.397 e. The molecule has 110 valence electrons. The summed E-state index contributed by atoms with van der Waals surface area (Å²) in [6.45, 7) is 1.53. The zero-order valence-electron chi connectivity index (χ0n) is 11.1. The van der Waals surface area contributed by atoms with Crippen LogP contribution in [0.2, 0.25) is 5.02 Å². The van der Waals surface area contributed by atoms with E-state index in [-0.39, 0.29) is 18.0 Å². The van der Waals surface area contributed by atoms with Crippen LogP contribution >= 0.6 is 34.2 Å². The number of benzene rings is 1. The van der Waals surface area contributed by atoms with Crippen molar-refractivity contribution in [2.24, 2.45) is 0 Å². The van der Waals surface area contributed by atoms with Crippen molar-refractivity contribution in [1.82, 2.24) is 9.55 Å². The molecular weight excluding hydrogens is 407 g/mol. The van der Waals surface area contributed by atoms with Crippen molar-refractivity contribution in [2.75, 3.05) is 11.1 Å². The Morgan fingerprint density at radius 3 is 2.95 bits per heavy atom. The molecule has 1 aromatic heterocycles. The van der Waals surface area contributed by atoms with Crippen LogP contribution in [-0.4, -0.2) is 15.5 Å². The van der Waals surface area contributed by atoms with Gasteiger partial charge >= 0.3 is 0 Å². The van der Waals surface area contributed by atoms with E-state index in [1.807, 2.05) is 22.6 Å². The van der Waals surface area contributed by atoms with Crippen LogP contribution in [0.25, 0.3) is 0 Å². The zero-order chi connectivity index (χ0) is 15.6. The number of aromatic nitrogens is 2. The molecule has 0 aliphatic heterocycles. The van der Waals surface area contributed by atoms with Crippen LogP contribution in [-0.2, 0) is 11.3 Å².